The van der Waals surface area contributed by atoms with Crippen LogP contribution in [0.1, 0.15) is 18.9 Å². The molecule has 0 amide bonds. The predicted molar refractivity (Wildman–Crippen MR) is 106 cm³/mol. The van der Waals surface area contributed by atoms with E-state index in [-0.39, 0.29) is 17.6 Å². The smallest absolute Gasteiger partial charge is 0.237 e. The van der Waals surface area contributed by atoms with Gasteiger partial charge in [0.2, 0.25) is 10.0 Å². The van der Waals surface area contributed by atoms with Crippen molar-refractivity contribution in [2.45, 2.75) is 18.1 Å². The third-order valence-corrected chi connectivity index (χ3v) is 7.28. The molecule has 8 heteroatoms. The number of benzene rings is 1. The average molecular weight is 411 g/mol. The Balaban J connectivity index is 2.00. The Bertz CT molecular complexity index is 1350. The minimum Gasteiger partial charge on any atom is -0.237 e. The van der Waals surface area contributed by atoms with Crippen LogP contribution in [0.15, 0.2) is 66.8 Å². The molecule has 0 radical (unpaired) electrons. The molecule has 0 saturated carbocycles. The van der Waals surface area contributed by atoms with E-state index in [1.807, 2.05) is 6.07 Å². The molecule has 3 aromatic rings. The van der Waals surface area contributed by atoms with E-state index in [0.29, 0.717) is 16.5 Å². The lowest BCUT2D eigenvalue weighted by Gasteiger charge is -2.27. The summed E-state index contributed by atoms with van der Waals surface area (Å²) in [5.41, 5.74) is 1.03. The molecule has 146 valence electrons. The van der Waals surface area contributed by atoms with Crippen molar-refractivity contribution in [3.05, 3.63) is 78.2 Å². The van der Waals surface area contributed by atoms with E-state index in [1.165, 1.54) is 43.6 Å². The minimum absolute atomic E-state index is 0.0723. The first-order valence-corrected chi connectivity index (χ1v) is 10.2. The Morgan fingerprint density at radius 1 is 1.24 bits per heavy atom. The summed E-state index contributed by atoms with van der Waals surface area (Å²) in [7, 11) is -4.11. The van der Waals surface area contributed by atoms with Crippen molar-refractivity contribution in [2.24, 2.45) is 0 Å². The molecule has 0 N–H and O–H groups in total. The van der Waals surface area contributed by atoms with Crippen molar-refractivity contribution in [3.63, 3.8) is 0 Å². The molecule has 2 heterocycles. The molecular formula is C21H15F2N3O2S. The van der Waals surface area contributed by atoms with Crippen LogP contribution in [0.5, 0.6) is 0 Å². The Hall–Kier alpha value is -3.31. The highest BCUT2D eigenvalue weighted by Gasteiger charge is 2.41. The van der Waals surface area contributed by atoms with Crippen LogP contribution in [0, 0.1) is 17.1 Å². The first-order valence-electron chi connectivity index (χ1n) is 8.73. The van der Waals surface area contributed by atoms with Gasteiger partial charge in [0.1, 0.15) is 16.4 Å². The molecule has 1 aliphatic carbocycles. The third-order valence-electron chi connectivity index (χ3n) is 5.02. The van der Waals surface area contributed by atoms with Crippen LogP contribution in [0.4, 0.5) is 8.78 Å². The number of halogens is 2. The quantitative estimate of drug-likeness (QED) is 0.638. The number of allylic oxidation sites excluding steroid dienone is 3. The van der Waals surface area contributed by atoms with Crippen LogP contribution in [-0.4, -0.2) is 22.1 Å². The number of nitriles is 1. The summed E-state index contributed by atoms with van der Waals surface area (Å²) in [5, 5.41) is 9.89. The first kappa shape index (κ1) is 19.0. The molecule has 29 heavy (non-hydrogen) atoms. The van der Waals surface area contributed by atoms with Gasteiger partial charge >= 0.3 is 0 Å². The van der Waals surface area contributed by atoms with E-state index in [9.17, 15) is 22.5 Å². The molecule has 0 bridgehead atoms. The number of hydrogen-bond acceptors (Lipinski definition) is 4. The van der Waals surface area contributed by atoms with Crippen molar-refractivity contribution >= 4 is 21.1 Å². The SMILES string of the molecule is CC1(S(=O)(=O)n2cc(-c3ccc(F)cc3C#N)c3cccnc32)C=C(F)C=CC1. The maximum atomic E-state index is 13.9. The Labute approximate surface area is 166 Å². The van der Waals surface area contributed by atoms with Crippen LogP contribution in [-0.2, 0) is 10.0 Å². The van der Waals surface area contributed by atoms with Crippen LogP contribution in [0.2, 0.25) is 0 Å². The van der Waals surface area contributed by atoms with Crippen LogP contribution in [0.25, 0.3) is 22.2 Å². The summed E-state index contributed by atoms with van der Waals surface area (Å²) in [5.74, 6) is -1.20. The Morgan fingerprint density at radius 2 is 2.03 bits per heavy atom. The number of hydrogen-bond donors (Lipinski definition) is 0. The molecule has 0 fully saturated rings. The molecule has 1 atom stereocenters. The molecule has 4 rings (SSSR count). The van der Waals surface area contributed by atoms with Gasteiger partial charge in [0.15, 0.2) is 5.65 Å². The normalized spacial score (nSPS) is 19.2. The average Bonchev–Trinajstić information content (AvgIpc) is 3.08. The second-order valence-electron chi connectivity index (χ2n) is 6.97. The van der Waals surface area contributed by atoms with Crippen LogP contribution in [0.3, 0.4) is 0 Å². The van der Waals surface area contributed by atoms with Gasteiger partial charge in [0, 0.05) is 28.9 Å². The van der Waals surface area contributed by atoms with Gasteiger partial charge in [-0.25, -0.2) is 26.2 Å². The number of pyridine rings is 1. The lowest BCUT2D eigenvalue weighted by Crippen LogP contribution is -2.38. The van der Waals surface area contributed by atoms with Gasteiger partial charge in [-0.1, -0.05) is 12.1 Å². The standard InChI is InChI=1S/C21H15F2N3O2S/c1-21(8-2-4-16(23)11-21)29(27,28)26-13-19(18-5-3-9-25-20(18)26)17-7-6-15(22)10-14(17)12-24/h2-7,9-11,13H,8H2,1H3. The molecule has 0 aliphatic heterocycles. The second-order valence-corrected chi connectivity index (χ2v) is 9.24. The summed E-state index contributed by atoms with van der Waals surface area (Å²) in [6.45, 7) is 1.44. The van der Waals surface area contributed by atoms with Crippen LogP contribution >= 0.6 is 0 Å². The van der Waals surface area contributed by atoms with Gasteiger partial charge in [-0.2, -0.15) is 5.26 Å². The summed E-state index contributed by atoms with van der Waals surface area (Å²) in [6.07, 6.45) is 6.69. The molecule has 2 aromatic heterocycles. The Kier molecular flexibility index (Phi) is 4.35. The van der Waals surface area contributed by atoms with Gasteiger partial charge in [-0.3, -0.25) is 0 Å². The van der Waals surface area contributed by atoms with E-state index in [1.54, 1.807) is 12.1 Å². The Morgan fingerprint density at radius 3 is 2.76 bits per heavy atom. The van der Waals surface area contributed by atoms with Crippen molar-refractivity contribution < 1.29 is 17.2 Å². The lowest BCUT2D eigenvalue weighted by molar-refractivity contribution is 0.545. The highest BCUT2D eigenvalue weighted by molar-refractivity contribution is 7.91. The molecule has 5 nitrogen and oxygen atoms in total. The van der Waals surface area contributed by atoms with Crippen molar-refractivity contribution in [1.82, 2.24) is 8.96 Å². The van der Waals surface area contributed by atoms with E-state index >= 15 is 0 Å². The van der Waals surface area contributed by atoms with Gasteiger partial charge in [0.05, 0.1) is 11.6 Å². The van der Waals surface area contributed by atoms with Crippen molar-refractivity contribution in [3.8, 4) is 17.2 Å². The zero-order valence-corrected chi connectivity index (χ0v) is 16.1. The highest BCUT2D eigenvalue weighted by atomic mass is 32.2. The zero-order chi connectivity index (χ0) is 20.8. The van der Waals surface area contributed by atoms with E-state index in [4.69, 9.17) is 0 Å². The highest BCUT2D eigenvalue weighted by Crippen LogP contribution is 2.37. The van der Waals surface area contributed by atoms with Gasteiger partial charge in [0.25, 0.3) is 0 Å². The number of aromatic nitrogens is 2. The second kappa shape index (κ2) is 6.64. The van der Waals surface area contributed by atoms with E-state index in [0.717, 1.165) is 16.1 Å². The third kappa shape index (κ3) is 2.95. The number of rotatable bonds is 3. The van der Waals surface area contributed by atoms with Crippen LogP contribution < -0.4 is 0 Å². The number of nitrogens with zero attached hydrogens (tertiary/aromatic N) is 3. The van der Waals surface area contributed by atoms with Gasteiger partial charge in [-0.05, 0) is 49.8 Å². The van der Waals surface area contributed by atoms with E-state index < -0.39 is 26.4 Å². The van der Waals surface area contributed by atoms with Gasteiger partial charge < -0.3 is 0 Å². The fraction of sp³-hybridized carbons (Fsp3) is 0.143. The van der Waals surface area contributed by atoms with Crippen molar-refractivity contribution in [1.29, 1.82) is 5.26 Å². The largest absolute Gasteiger partial charge is 0.249 e. The van der Waals surface area contributed by atoms with Gasteiger partial charge in [-0.15, -0.1) is 0 Å². The fourth-order valence-electron chi connectivity index (χ4n) is 3.48. The molecule has 1 aliphatic rings. The molecule has 1 unspecified atom stereocenters. The fourth-order valence-corrected chi connectivity index (χ4v) is 5.12. The predicted octanol–water partition coefficient (Wildman–Crippen LogP) is 4.46. The summed E-state index contributed by atoms with van der Waals surface area (Å²) in [6, 6.07) is 8.98. The topological polar surface area (TPSA) is 75.8 Å². The summed E-state index contributed by atoms with van der Waals surface area (Å²) in [4.78, 5) is 4.21. The molecular weight excluding hydrogens is 396 g/mol. The maximum absolute atomic E-state index is 13.9. The first-order chi connectivity index (χ1) is 13.8. The monoisotopic (exact) mass is 411 g/mol. The summed E-state index contributed by atoms with van der Waals surface area (Å²) < 4.78 is 53.9. The maximum Gasteiger partial charge on any atom is 0.249 e. The van der Waals surface area contributed by atoms with E-state index in [2.05, 4.69) is 4.98 Å². The zero-order valence-electron chi connectivity index (χ0n) is 15.3. The summed E-state index contributed by atoms with van der Waals surface area (Å²) >= 11 is 0. The lowest BCUT2D eigenvalue weighted by atomic mass is 10.0. The molecule has 1 aromatic carbocycles. The molecule has 0 spiro atoms. The number of fused-ring (bicyclic) bond motifs is 1. The molecule has 0 saturated heterocycles. The minimum atomic E-state index is -4.11. The van der Waals surface area contributed by atoms with Crippen molar-refractivity contribution in [2.75, 3.05) is 0 Å².